The van der Waals surface area contributed by atoms with E-state index in [0.29, 0.717) is 25.7 Å². The van der Waals surface area contributed by atoms with Crippen LogP contribution in [-0.4, -0.2) is 60.9 Å². The average Bonchev–Trinajstić information content (AvgIpc) is 3.52. The van der Waals surface area contributed by atoms with Crippen molar-refractivity contribution in [1.82, 2.24) is 14.8 Å². The van der Waals surface area contributed by atoms with E-state index in [1.165, 1.54) is 22.0 Å². The van der Waals surface area contributed by atoms with Crippen molar-refractivity contribution in [3.8, 4) is 0 Å². The Kier molecular flexibility index (Phi) is 5.99. The maximum absolute atomic E-state index is 13.0. The van der Waals surface area contributed by atoms with Crippen LogP contribution in [0, 0.1) is 6.92 Å². The number of nitrogens with zero attached hydrogens (tertiary/aromatic N) is 2. The number of benzene rings is 1. The zero-order valence-electron chi connectivity index (χ0n) is 16.9. The number of rotatable bonds is 8. The van der Waals surface area contributed by atoms with Crippen LogP contribution in [0.1, 0.15) is 30.4 Å². The summed E-state index contributed by atoms with van der Waals surface area (Å²) in [5.74, 6) is 0.126. The number of ether oxygens (including phenoxy) is 2. The molecule has 0 unspecified atom stereocenters. The van der Waals surface area contributed by atoms with Crippen molar-refractivity contribution in [2.45, 2.75) is 51.4 Å². The first-order valence-electron chi connectivity index (χ1n) is 10.4. The third kappa shape index (κ3) is 4.24. The molecule has 28 heavy (non-hydrogen) atoms. The quantitative estimate of drug-likeness (QED) is 0.710. The van der Waals surface area contributed by atoms with Gasteiger partial charge < -0.3 is 24.3 Å². The van der Waals surface area contributed by atoms with E-state index in [1.807, 2.05) is 4.90 Å². The van der Waals surface area contributed by atoms with Crippen LogP contribution in [0.2, 0.25) is 0 Å². The summed E-state index contributed by atoms with van der Waals surface area (Å²) in [6, 6.07) is 6.97. The highest BCUT2D eigenvalue weighted by Gasteiger charge is 2.36. The van der Waals surface area contributed by atoms with E-state index >= 15 is 0 Å². The molecule has 1 atom stereocenters. The molecular weight excluding hydrogens is 354 g/mol. The molecule has 0 radical (unpaired) electrons. The lowest BCUT2D eigenvalue weighted by Crippen LogP contribution is -2.49. The highest BCUT2D eigenvalue weighted by atomic mass is 16.5. The summed E-state index contributed by atoms with van der Waals surface area (Å²) in [5.41, 5.74) is 3.71. The molecule has 4 rings (SSSR count). The molecule has 1 N–H and O–H groups in total. The Morgan fingerprint density at radius 3 is 2.96 bits per heavy atom. The highest BCUT2D eigenvalue weighted by Crippen LogP contribution is 2.30. The van der Waals surface area contributed by atoms with Crippen LogP contribution < -0.4 is 5.32 Å². The summed E-state index contributed by atoms with van der Waals surface area (Å²) in [5, 5.41) is 4.55. The van der Waals surface area contributed by atoms with Gasteiger partial charge in [0.05, 0.1) is 6.61 Å². The highest BCUT2D eigenvalue weighted by molar-refractivity contribution is 5.85. The molecule has 152 valence electrons. The molecule has 1 saturated heterocycles. The van der Waals surface area contributed by atoms with Gasteiger partial charge in [-0.15, -0.1) is 0 Å². The average molecular weight is 386 g/mol. The van der Waals surface area contributed by atoms with Crippen molar-refractivity contribution in [2.75, 3.05) is 33.4 Å². The predicted octanol–water partition coefficient (Wildman–Crippen LogP) is 2.47. The van der Waals surface area contributed by atoms with Crippen LogP contribution in [0.3, 0.4) is 0 Å². The first-order valence-corrected chi connectivity index (χ1v) is 10.4. The first kappa shape index (κ1) is 19.4. The zero-order chi connectivity index (χ0) is 19.5. The Morgan fingerprint density at radius 2 is 2.25 bits per heavy atom. The molecule has 2 heterocycles. The van der Waals surface area contributed by atoms with Crippen molar-refractivity contribution in [2.24, 2.45) is 0 Å². The minimum atomic E-state index is -0.349. The molecule has 1 saturated carbocycles. The molecule has 1 aromatic carbocycles. The monoisotopic (exact) mass is 385 g/mol. The lowest BCUT2D eigenvalue weighted by Gasteiger charge is -2.30. The zero-order valence-corrected chi connectivity index (χ0v) is 16.9. The Labute approximate surface area is 166 Å². The summed E-state index contributed by atoms with van der Waals surface area (Å²) < 4.78 is 13.2. The lowest BCUT2D eigenvalue weighted by molar-refractivity contribution is -0.146. The van der Waals surface area contributed by atoms with Crippen molar-refractivity contribution in [1.29, 1.82) is 0 Å². The number of nitrogens with one attached hydrogen (secondary N) is 1. The van der Waals surface area contributed by atoms with Gasteiger partial charge in [-0.25, -0.2) is 0 Å². The Morgan fingerprint density at radius 1 is 1.39 bits per heavy atom. The third-order valence-corrected chi connectivity index (χ3v) is 5.72. The number of morpholine rings is 1. The number of fused-ring (bicyclic) bond motifs is 1. The number of methoxy groups -OCH3 is 1. The number of carbonyl (C=O) groups excluding carboxylic acids is 1. The minimum absolute atomic E-state index is 0.126. The van der Waals surface area contributed by atoms with Crippen LogP contribution in [0.5, 0.6) is 0 Å². The molecule has 1 aromatic heterocycles. The van der Waals surface area contributed by atoms with Crippen molar-refractivity contribution >= 4 is 16.8 Å². The van der Waals surface area contributed by atoms with Crippen LogP contribution in [0.15, 0.2) is 24.4 Å². The summed E-state index contributed by atoms with van der Waals surface area (Å²) >= 11 is 0. The topological polar surface area (TPSA) is 55.7 Å². The second-order valence-electron chi connectivity index (χ2n) is 7.96. The third-order valence-electron chi connectivity index (χ3n) is 5.72. The van der Waals surface area contributed by atoms with Crippen molar-refractivity contribution in [3.63, 3.8) is 0 Å². The van der Waals surface area contributed by atoms with Gasteiger partial charge in [-0.2, -0.15) is 0 Å². The predicted molar refractivity (Wildman–Crippen MR) is 109 cm³/mol. The fraction of sp³-hybridized carbons (Fsp3) is 0.591. The number of carbonyl (C=O) groups is 1. The van der Waals surface area contributed by atoms with Crippen LogP contribution in [0.25, 0.3) is 10.9 Å². The van der Waals surface area contributed by atoms with Crippen LogP contribution in [-0.2, 0) is 27.4 Å². The largest absolute Gasteiger partial charge is 0.385 e. The second-order valence-corrected chi connectivity index (χ2v) is 7.96. The number of aryl methyl sites for hydroxylation is 2. The Hall–Kier alpha value is -1.89. The summed E-state index contributed by atoms with van der Waals surface area (Å²) in [4.78, 5) is 15.1. The summed E-state index contributed by atoms with van der Waals surface area (Å²) in [7, 11) is 1.74. The molecule has 2 fully saturated rings. The van der Waals surface area contributed by atoms with Gasteiger partial charge in [0.1, 0.15) is 6.10 Å². The lowest BCUT2D eigenvalue weighted by atomic mass is 10.1. The fourth-order valence-electron chi connectivity index (χ4n) is 4.06. The van der Waals surface area contributed by atoms with E-state index in [0.717, 1.165) is 39.0 Å². The molecule has 1 amide bonds. The van der Waals surface area contributed by atoms with Crippen LogP contribution in [0.4, 0.5) is 0 Å². The second kappa shape index (κ2) is 8.64. The molecular formula is C22H31N3O3. The molecule has 0 bridgehead atoms. The molecule has 1 aliphatic heterocycles. The van der Waals surface area contributed by atoms with Gasteiger partial charge in [-0.05, 0) is 43.4 Å². The summed E-state index contributed by atoms with van der Waals surface area (Å²) in [6.45, 7) is 6.55. The standard InChI is InChI=1S/C22H31N3O3/c1-16-14-24(9-3-10-27-2)20-12-17(4-7-19(16)20)15-25(18-5-6-18)22(26)21-13-23-8-11-28-21/h4,7,12,14,18,21,23H,3,5-6,8-11,13,15H2,1-2H3/t21-/m1/s1. The molecule has 1 aliphatic carbocycles. The van der Waals surface area contributed by atoms with Crippen molar-refractivity contribution < 1.29 is 14.3 Å². The van der Waals surface area contributed by atoms with E-state index < -0.39 is 0 Å². The van der Waals surface area contributed by atoms with Gasteiger partial charge in [0.2, 0.25) is 0 Å². The van der Waals surface area contributed by atoms with E-state index in [4.69, 9.17) is 9.47 Å². The number of amides is 1. The Balaban J connectivity index is 1.53. The van der Waals surface area contributed by atoms with Gasteiger partial charge in [0.25, 0.3) is 5.91 Å². The number of aromatic nitrogens is 1. The normalized spacial score (nSPS) is 19.9. The molecule has 2 aliphatic rings. The fourth-order valence-corrected chi connectivity index (χ4v) is 4.06. The van der Waals surface area contributed by atoms with E-state index in [9.17, 15) is 4.79 Å². The van der Waals surface area contributed by atoms with E-state index in [2.05, 4.69) is 41.2 Å². The maximum Gasteiger partial charge on any atom is 0.253 e. The summed E-state index contributed by atoms with van der Waals surface area (Å²) in [6.07, 6.45) is 5.05. The molecule has 2 aromatic rings. The van der Waals surface area contributed by atoms with Gasteiger partial charge in [0, 0.05) is 63.0 Å². The first-order chi connectivity index (χ1) is 13.7. The number of hydrogen-bond acceptors (Lipinski definition) is 4. The van der Waals surface area contributed by atoms with E-state index in [-0.39, 0.29) is 12.0 Å². The Bertz CT molecular complexity index is 822. The molecule has 6 nitrogen and oxygen atoms in total. The van der Waals surface area contributed by atoms with Gasteiger partial charge >= 0.3 is 0 Å². The molecule has 0 spiro atoms. The SMILES string of the molecule is COCCCn1cc(C)c2ccc(CN(C(=O)[C@H]3CNCCO3)C3CC3)cc21. The number of hydrogen-bond donors (Lipinski definition) is 1. The van der Waals surface area contributed by atoms with Gasteiger partial charge in [-0.1, -0.05) is 12.1 Å². The minimum Gasteiger partial charge on any atom is -0.385 e. The maximum atomic E-state index is 13.0. The van der Waals surface area contributed by atoms with E-state index in [1.54, 1.807) is 7.11 Å². The van der Waals surface area contributed by atoms with Gasteiger partial charge in [-0.3, -0.25) is 4.79 Å². The molecule has 6 heteroatoms. The van der Waals surface area contributed by atoms with Crippen LogP contribution >= 0.6 is 0 Å². The van der Waals surface area contributed by atoms with Crippen molar-refractivity contribution in [3.05, 3.63) is 35.5 Å². The van der Waals surface area contributed by atoms with Gasteiger partial charge in [0.15, 0.2) is 0 Å². The smallest absolute Gasteiger partial charge is 0.253 e.